The first kappa shape index (κ1) is 7.53. The predicted molar refractivity (Wildman–Crippen MR) is 41.0 cm³/mol. The lowest BCUT2D eigenvalue weighted by atomic mass is 9.96. The van der Waals surface area contributed by atoms with E-state index in [9.17, 15) is 0 Å². The van der Waals surface area contributed by atoms with Crippen molar-refractivity contribution in [3.05, 3.63) is 0 Å². The molecule has 0 aromatic rings. The molecule has 64 valence electrons. The third-order valence-corrected chi connectivity index (χ3v) is 2.74. The van der Waals surface area contributed by atoms with Crippen LogP contribution in [0, 0.1) is 5.92 Å². The first-order valence-electron chi connectivity index (χ1n) is 4.35. The van der Waals surface area contributed by atoms with Gasteiger partial charge in [-0.3, -0.25) is 0 Å². The van der Waals surface area contributed by atoms with Crippen LogP contribution in [0.1, 0.15) is 19.3 Å². The van der Waals surface area contributed by atoms with Crippen molar-refractivity contribution in [2.45, 2.75) is 25.0 Å². The van der Waals surface area contributed by atoms with Gasteiger partial charge < -0.3 is 15.2 Å². The fourth-order valence-electron chi connectivity index (χ4n) is 2.08. The second kappa shape index (κ2) is 2.73. The van der Waals surface area contributed by atoms with Crippen LogP contribution in [-0.2, 0) is 9.47 Å². The molecular formula is C8H15NO2. The molecule has 3 nitrogen and oxygen atoms in total. The molecule has 1 spiro atoms. The van der Waals surface area contributed by atoms with E-state index in [1.807, 2.05) is 0 Å². The molecule has 2 heterocycles. The smallest absolute Gasteiger partial charge is 0.172 e. The molecule has 2 N–H and O–H groups in total. The molecule has 11 heavy (non-hydrogen) atoms. The third kappa shape index (κ3) is 1.08. The molecule has 2 aliphatic heterocycles. The minimum Gasteiger partial charge on any atom is -0.350 e. The molecular weight excluding hydrogens is 142 g/mol. The molecule has 0 bridgehead atoms. The molecule has 2 atom stereocenters. The Morgan fingerprint density at radius 1 is 1.36 bits per heavy atom. The van der Waals surface area contributed by atoms with Crippen LogP contribution in [0.25, 0.3) is 0 Å². The molecule has 0 aromatic heterocycles. The van der Waals surface area contributed by atoms with E-state index in [0.717, 1.165) is 32.5 Å². The molecule has 0 saturated carbocycles. The highest BCUT2D eigenvalue weighted by Crippen LogP contribution is 2.40. The molecule has 2 fully saturated rings. The van der Waals surface area contributed by atoms with Gasteiger partial charge in [0.15, 0.2) is 5.79 Å². The Balaban J connectivity index is 2.09. The molecule has 0 radical (unpaired) electrons. The van der Waals surface area contributed by atoms with Gasteiger partial charge in [0, 0.05) is 18.9 Å². The van der Waals surface area contributed by atoms with Crippen molar-refractivity contribution in [3.8, 4) is 0 Å². The average molecular weight is 157 g/mol. The van der Waals surface area contributed by atoms with E-state index in [1.165, 1.54) is 0 Å². The van der Waals surface area contributed by atoms with Crippen LogP contribution in [0.2, 0.25) is 0 Å². The van der Waals surface area contributed by atoms with Gasteiger partial charge >= 0.3 is 0 Å². The second-order valence-corrected chi connectivity index (χ2v) is 3.33. The van der Waals surface area contributed by atoms with Gasteiger partial charge in [0.05, 0.1) is 13.2 Å². The number of rotatable bonds is 1. The van der Waals surface area contributed by atoms with Crippen molar-refractivity contribution in [2.75, 3.05) is 19.8 Å². The number of hydrogen-bond acceptors (Lipinski definition) is 3. The van der Waals surface area contributed by atoms with Crippen LogP contribution in [0.5, 0.6) is 0 Å². The predicted octanol–water partition coefficient (Wildman–Crippen LogP) is 0.488. The summed E-state index contributed by atoms with van der Waals surface area (Å²) in [5, 5.41) is 0. The summed E-state index contributed by atoms with van der Waals surface area (Å²) in [6.07, 6.45) is 3.22. The summed E-state index contributed by atoms with van der Waals surface area (Å²) in [6, 6.07) is 0. The topological polar surface area (TPSA) is 44.5 Å². The fraction of sp³-hybridized carbons (Fsp3) is 1.00. The van der Waals surface area contributed by atoms with E-state index < -0.39 is 0 Å². The summed E-state index contributed by atoms with van der Waals surface area (Å²) in [5.74, 6) is 0.166. The Labute approximate surface area is 66.8 Å². The first-order valence-corrected chi connectivity index (χ1v) is 4.35. The van der Waals surface area contributed by atoms with Crippen molar-refractivity contribution in [3.63, 3.8) is 0 Å². The maximum atomic E-state index is 5.63. The van der Waals surface area contributed by atoms with Gasteiger partial charge in [-0.25, -0.2) is 0 Å². The highest BCUT2D eigenvalue weighted by molar-refractivity contribution is 4.88. The van der Waals surface area contributed by atoms with E-state index in [1.54, 1.807) is 0 Å². The van der Waals surface area contributed by atoms with Gasteiger partial charge in [-0.05, 0) is 12.8 Å². The third-order valence-electron chi connectivity index (χ3n) is 2.74. The quantitative estimate of drug-likeness (QED) is 0.602. The second-order valence-electron chi connectivity index (χ2n) is 3.33. The zero-order chi connectivity index (χ0) is 7.73. The lowest BCUT2D eigenvalue weighted by Crippen LogP contribution is -2.38. The highest BCUT2D eigenvalue weighted by Gasteiger charge is 2.46. The van der Waals surface area contributed by atoms with E-state index >= 15 is 0 Å². The van der Waals surface area contributed by atoms with Crippen LogP contribution >= 0.6 is 0 Å². The Kier molecular flexibility index (Phi) is 1.87. The number of nitrogens with two attached hydrogens (primary N) is 1. The first-order chi connectivity index (χ1) is 5.37. The fourth-order valence-corrected chi connectivity index (χ4v) is 2.08. The van der Waals surface area contributed by atoms with Crippen LogP contribution in [0.15, 0.2) is 0 Å². The van der Waals surface area contributed by atoms with Crippen LogP contribution < -0.4 is 5.73 Å². The molecule has 0 aliphatic carbocycles. The van der Waals surface area contributed by atoms with Gasteiger partial charge in [0.25, 0.3) is 0 Å². The van der Waals surface area contributed by atoms with Gasteiger partial charge in [0.1, 0.15) is 0 Å². The lowest BCUT2D eigenvalue weighted by Gasteiger charge is -2.27. The molecule has 3 heteroatoms. The Hall–Kier alpha value is -0.120. The molecule has 2 rings (SSSR count). The summed E-state index contributed by atoms with van der Waals surface area (Å²) >= 11 is 0. The Bertz CT molecular complexity index is 138. The van der Waals surface area contributed by atoms with Crippen LogP contribution in [-0.4, -0.2) is 25.5 Å². The van der Waals surface area contributed by atoms with E-state index in [4.69, 9.17) is 15.2 Å². The maximum absolute atomic E-state index is 5.63. The Morgan fingerprint density at radius 3 is 2.82 bits per heavy atom. The number of hydrogen-bond donors (Lipinski definition) is 1. The molecule has 2 saturated heterocycles. The normalized spacial score (nSPS) is 43.9. The van der Waals surface area contributed by atoms with Crippen LogP contribution in [0.3, 0.4) is 0 Å². The summed E-state index contributed by atoms with van der Waals surface area (Å²) < 4.78 is 11.2. The maximum Gasteiger partial charge on any atom is 0.172 e. The van der Waals surface area contributed by atoms with Crippen LogP contribution in [0.4, 0.5) is 0 Å². The van der Waals surface area contributed by atoms with Gasteiger partial charge in [-0.2, -0.15) is 0 Å². The van der Waals surface area contributed by atoms with E-state index in [0.29, 0.717) is 12.5 Å². The van der Waals surface area contributed by atoms with E-state index in [-0.39, 0.29) is 5.79 Å². The number of ether oxygens (including phenoxy) is 2. The Morgan fingerprint density at radius 2 is 2.18 bits per heavy atom. The van der Waals surface area contributed by atoms with Gasteiger partial charge in [-0.15, -0.1) is 0 Å². The summed E-state index contributed by atoms with van der Waals surface area (Å²) in [6.45, 7) is 2.36. The summed E-state index contributed by atoms with van der Waals surface area (Å²) in [7, 11) is 0. The average Bonchev–Trinajstić information content (AvgIpc) is 2.62. The summed E-state index contributed by atoms with van der Waals surface area (Å²) in [4.78, 5) is 0. The zero-order valence-electron chi connectivity index (χ0n) is 6.71. The van der Waals surface area contributed by atoms with Gasteiger partial charge in [0.2, 0.25) is 0 Å². The standard InChI is InChI=1S/C8H15NO2/c9-6-7-2-5-11-8(7)3-1-4-10-8/h7H,1-6,9H2. The largest absolute Gasteiger partial charge is 0.350 e. The summed E-state index contributed by atoms with van der Waals surface area (Å²) in [5.41, 5.74) is 5.63. The highest BCUT2D eigenvalue weighted by atomic mass is 16.7. The molecule has 0 aromatic carbocycles. The van der Waals surface area contributed by atoms with Crippen molar-refractivity contribution in [1.82, 2.24) is 0 Å². The molecule has 0 amide bonds. The monoisotopic (exact) mass is 157 g/mol. The minimum absolute atomic E-state index is 0.269. The van der Waals surface area contributed by atoms with Crippen molar-refractivity contribution in [1.29, 1.82) is 0 Å². The van der Waals surface area contributed by atoms with Gasteiger partial charge in [-0.1, -0.05) is 0 Å². The van der Waals surface area contributed by atoms with Crippen molar-refractivity contribution in [2.24, 2.45) is 11.7 Å². The van der Waals surface area contributed by atoms with Crippen molar-refractivity contribution >= 4 is 0 Å². The SMILES string of the molecule is NCC1CCOC12CCCO2. The minimum atomic E-state index is -0.269. The van der Waals surface area contributed by atoms with E-state index in [2.05, 4.69) is 0 Å². The zero-order valence-corrected chi connectivity index (χ0v) is 6.71. The molecule has 2 aliphatic rings. The van der Waals surface area contributed by atoms with Crippen molar-refractivity contribution < 1.29 is 9.47 Å². The molecule has 2 unspecified atom stereocenters. The lowest BCUT2D eigenvalue weighted by molar-refractivity contribution is -0.200.